The summed E-state index contributed by atoms with van der Waals surface area (Å²) in [5, 5.41) is 2.67. The molecule has 1 unspecified atom stereocenters. The molecule has 0 spiro atoms. The van der Waals surface area contributed by atoms with Crippen LogP contribution < -0.4 is 10.2 Å². The van der Waals surface area contributed by atoms with E-state index in [1.54, 1.807) is 24.8 Å². The van der Waals surface area contributed by atoms with Gasteiger partial charge in [-0.25, -0.2) is 4.79 Å². The van der Waals surface area contributed by atoms with Gasteiger partial charge >= 0.3 is 5.97 Å². The summed E-state index contributed by atoms with van der Waals surface area (Å²) < 4.78 is 4.73. The van der Waals surface area contributed by atoms with E-state index in [0.717, 1.165) is 24.2 Å². The summed E-state index contributed by atoms with van der Waals surface area (Å²) >= 11 is 0. The lowest BCUT2D eigenvalue weighted by atomic mass is 9.99. The molecule has 1 aromatic rings. The highest BCUT2D eigenvalue weighted by atomic mass is 16.5. The molecular formula is C19H24N2O4. The van der Waals surface area contributed by atoms with Crippen molar-refractivity contribution in [2.24, 2.45) is 0 Å². The van der Waals surface area contributed by atoms with Crippen LogP contribution in [0.1, 0.15) is 38.7 Å². The monoisotopic (exact) mass is 344 g/mol. The number of methoxy groups -OCH3 is 1. The molecule has 1 atom stereocenters. The first-order valence-electron chi connectivity index (χ1n) is 8.38. The fourth-order valence-electron chi connectivity index (χ4n) is 2.68. The predicted octanol–water partition coefficient (Wildman–Crippen LogP) is 2.28. The van der Waals surface area contributed by atoms with E-state index >= 15 is 0 Å². The van der Waals surface area contributed by atoms with Gasteiger partial charge in [-0.15, -0.1) is 0 Å². The largest absolute Gasteiger partial charge is 0.467 e. The van der Waals surface area contributed by atoms with Gasteiger partial charge in [0.25, 0.3) is 0 Å². The van der Waals surface area contributed by atoms with Gasteiger partial charge in [-0.2, -0.15) is 0 Å². The smallest absolute Gasteiger partial charge is 0.331 e. The summed E-state index contributed by atoms with van der Waals surface area (Å²) in [7, 11) is 1.30. The standard InChI is InChI=1S/C19H24N2O4/c1-4-19(2,18(24)25-3)20-16(22)12-9-14-7-10-15(11-8-14)21-13-5-6-17(21)23/h7-12H,4-6,13H2,1-3H3,(H,20,22). The van der Waals surface area contributed by atoms with Crippen LogP contribution in [0, 0.1) is 0 Å². The summed E-state index contributed by atoms with van der Waals surface area (Å²) in [5.74, 6) is -0.700. The van der Waals surface area contributed by atoms with Crippen molar-refractivity contribution in [2.45, 2.75) is 38.6 Å². The first-order valence-corrected chi connectivity index (χ1v) is 8.38. The first-order chi connectivity index (χ1) is 11.9. The third-order valence-corrected chi connectivity index (χ3v) is 4.45. The Morgan fingerprint density at radius 2 is 2.00 bits per heavy atom. The third kappa shape index (κ3) is 4.47. The van der Waals surface area contributed by atoms with Crippen LogP contribution in [0.15, 0.2) is 30.3 Å². The molecule has 1 aliphatic heterocycles. The minimum absolute atomic E-state index is 0.143. The Hall–Kier alpha value is -2.63. The minimum Gasteiger partial charge on any atom is -0.467 e. The molecule has 1 aromatic carbocycles. The molecule has 2 rings (SSSR count). The lowest BCUT2D eigenvalue weighted by Gasteiger charge is -2.25. The van der Waals surface area contributed by atoms with Gasteiger partial charge in [0.05, 0.1) is 7.11 Å². The number of carbonyl (C=O) groups excluding carboxylic acids is 3. The molecule has 2 amide bonds. The molecule has 1 N–H and O–H groups in total. The average Bonchev–Trinajstić information content (AvgIpc) is 3.05. The Bertz CT molecular complexity index is 681. The van der Waals surface area contributed by atoms with E-state index in [9.17, 15) is 14.4 Å². The van der Waals surface area contributed by atoms with Crippen molar-refractivity contribution in [2.75, 3.05) is 18.6 Å². The molecule has 0 bridgehead atoms. The van der Waals surface area contributed by atoms with Gasteiger partial charge in [0, 0.05) is 24.7 Å². The highest BCUT2D eigenvalue weighted by molar-refractivity contribution is 5.97. The van der Waals surface area contributed by atoms with E-state index in [2.05, 4.69) is 5.32 Å². The zero-order chi connectivity index (χ0) is 18.4. The zero-order valence-corrected chi connectivity index (χ0v) is 14.9. The van der Waals surface area contributed by atoms with Gasteiger partial charge in [0.1, 0.15) is 5.54 Å². The third-order valence-electron chi connectivity index (χ3n) is 4.45. The lowest BCUT2D eigenvalue weighted by molar-refractivity contribution is -0.149. The average molecular weight is 344 g/mol. The summed E-state index contributed by atoms with van der Waals surface area (Å²) in [4.78, 5) is 37.3. The van der Waals surface area contributed by atoms with E-state index in [-0.39, 0.29) is 11.8 Å². The summed E-state index contributed by atoms with van der Waals surface area (Å²) in [6.45, 7) is 4.19. The maximum Gasteiger partial charge on any atom is 0.331 e. The number of anilines is 1. The Kier molecular flexibility index (Phi) is 5.96. The summed E-state index contributed by atoms with van der Waals surface area (Å²) in [6, 6.07) is 7.44. The number of amides is 2. The van der Waals surface area contributed by atoms with Crippen molar-refractivity contribution in [3.63, 3.8) is 0 Å². The van der Waals surface area contributed by atoms with Gasteiger partial charge in [-0.3, -0.25) is 9.59 Å². The Labute approximate surface area is 147 Å². The molecule has 6 heteroatoms. The fourth-order valence-corrected chi connectivity index (χ4v) is 2.68. The van der Waals surface area contributed by atoms with E-state index in [0.29, 0.717) is 12.8 Å². The minimum atomic E-state index is -1.05. The zero-order valence-electron chi connectivity index (χ0n) is 14.9. The molecule has 0 radical (unpaired) electrons. The molecule has 0 aliphatic carbocycles. The van der Waals surface area contributed by atoms with Gasteiger partial charge in [-0.1, -0.05) is 19.1 Å². The van der Waals surface area contributed by atoms with Crippen LogP contribution in [-0.4, -0.2) is 37.0 Å². The Morgan fingerprint density at radius 1 is 1.32 bits per heavy atom. The van der Waals surface area contributed by atoms with Gasteiger partial charge in [0.2, 0.25) is 11.8 Å². The molecule has 1 fully saturated rings. The van der Waals surface area contributed by atoms with Crippen LogP contribution in [0.25, 0.3) is 6.08 Å². The van der Waals surface area contributed by atoms with Crippen molar-refractivity contribution in [3.8, 4) is 0 Å². The van der Waals surface area contributed by atoms with Gasteiger partial charge in [0.15, 0.2) is 0 Å². The van der Waals surface area contributed by atoms with Crippen LogP contribution >= 0.6 is 0 Å². The molecule has 0 aromatic heterocycles. The molecule has 1 aliphatic rings. The van der Waals surface area contributed by atoms with Crippen molar-refractivity contribution >= 4 is 29.5 Å². The second kappa shape index (κ2) is 7.96. The van der Waals surface area contributed by atoms with E-state index in [4.69, 9.17) is 4.74 Å². The number of hydrogen-bond donors (Lipinski definition) is 1. The number of rotatable bonds is 6. The SMILES string of the molecule is CCC(C)(NC(=O)C=Cc1ccc(N2CCCC2=O)cc1)C(=O)OC. The molecule has 6 nitrogen and oxygen atoms in total. The number of nitrogens with zero attached hydrogens (tertiary/aromatic N) is 1. The maximum atomic E-state index is 12.1. The van der Waals surface area contributed by atoms with Crippen LogP contribution in [0.3, 0.4) is 0 Å². The number of ether oxygens (including phenoxy) is 1. The van der Waals surface area contributed by atoms with E-state index < -0.39 is 11.5 Å². The number of hydrogen-bond acceptors (Lipinski definition) is 4. The van der Waals surface area contributed by atoms with Crippen LogP contribution in [0.5, 0.6) is 0 Å². The van der Waals surface area contributed by atoms with Crippen molar-refractivity contribution in [3.05, 3.63) is 35.9 Å². The van der Waals surface area contributed by atoms with Crippen molar-refractivity contribution in [1.29, 1.82) is 0 Å². The second-order valence-electron chi connectivity index (χ2n) is 6.24. The maximum absolute atomic E-state index is 12.1. The van der Waals surface area contributed by atoms with Crippen LogP contribution in [0.4, 0.5) is 5.69 Å². The van der Waals surface area contributed by atoms with E-state index in [1.165, 1.54) is 13.2 Å². The van der Waals surface area contributed by atoms with Crippen molar-refractivity contribution < 1.29 is 19.1 Å². The summed E-state index contributed by atoms with van der Waals surface area (Å²) in [5.41, 5.74) is 0.658. The highest BCUT2D eigenvalue weighted by Crippen LogP contribution is 2.22. The highest BCUT2D eigenvalue weighted by Gasteiger charge is 2.33. The normalized spacial score (nSPS) is 16.8. The predicted molar refractivity (Wildman–Crippen MR) is 95.9 cm³/mol. The fraction of sp³-hybridized carbons (Fsp3) is 0.421. The molecule has 134 valence electrons. The second-order valence-corrected chi connectivity index (χ2v) is 6.24. The quantitative estimate of drug-likeness (QED) is 0.634. The lowest BCUT2D eigenvalue weighted by Crippen LogP contribution is -2.51. The van der Waals surface area contributed by atoms with Gasteiger partial charge < -0.3 is 15.0 Å². The molecule has 0 saturated carbocycles. The topological polar surface area (TPSA) is 75.7 Å². The molecule has 1 saturated heterocycles. The first kappa shape index (κ1) is 18.7. The number of esters is 1. The summed E-state index contributed by atoms with van der Waals surface area (Å²) in [6.07, 6.45) is 4.96. The molecule has 25 heavy (non-hydrogen) atoms. The Balaban J connectivity index is 2.00. The van der Waals surface area contributed by atoms with Crippen molar-refractivity contribution in [1.82, 2.24) is 5.32 Å². The van der Waals surface area contributed by atoms with E-state index in [1.807, 2.05) is 24.3 Å². The van der Waals surface area contributed by atoms with Crippen LogP contribution in [-0.2, 0) is 19.1 Å². The Morgan fingerprint density at radius 3 is 2.52 bits per heavy atom. The van der Waals surface area contributed by atoms with Gasteiger partial charge in [-0.05, 0) is 43.5 Å². The number of benzene rings is 1. The number of carbonyl (C=O) groups is 3. The number of nitrogens with one attached hydrogen (secondary N) is 1. The molecular weight excluding hydrogens is 320 g/mol. The van der Waals surface area contributed by atoms with Crippen LogP contribution in [0.2, 0.25) is 0 Å². The molecule has 1 heterocycles.